The van der Waals surface area contributed by atoms with Crippen LogP contribution in [0.2, 0.25) is 0 Å². The van der Waals surface area contributed by atoms with Gasteiger partial charge in [0.05, 0.1) is 12.0 Å². The second-order valence-corrected chi connectivity index (χ2v) is 6.62. The Morgan fingerprint density at radius 2 is 2.21 bits per heavy atom. The standard InChI is InChI=1S/C17H16BrNO4S/c1-12-9-13(18)4-5-15(12)19-16(20)10-23-17(21)6-8-24-11-14-3-2-7-22-14/h2-9H,10-11H2,1H3,(H,19,20)/b8-6+. The minimum atomic E-state index is -0.565. The molecule has 7 heteroatoms. The molecule has 0 atom stereocenters. The zero-order valence-electron chi connectivity index (χ0n) is 13.0. The van der Waals surface area contributed by atoms with E-state index in [2.05, 4.69) is 21.2 Å². The van der Waals surface area contributed by atoms with Crippen LogP contribution >= 0.6 is 27.7 Å². The largest absolute Gasteiger partial charge is 0.468 e. The van der Waals surface area contributed by atoms with Crippen molar-refractivity contribution in [2.24, 2.45) is 0 Å². The number of nitrogens with one attached hydrogen (secondary N) is 1. The summed E-state index contributed by atoms with van der Waals surface area (Å²) in [5.41, 5.74) is 1.60. The van der Waals surface area contributed by atoms with Crippen molar-refractivity contribution in [2.45, 2.75) is 12.7 Å². The maximum atomic E-state index is 11.8. The van der Waals surface area contributed by atoms with E-state index in [1.807, 2.05) is 25.1 Å². The van der Waals surface area contributed by atoms with E-state index in [9.17, 15) is 9.59 Å². The smallest absolute Gasteiger partial charge is 0.331 e. The summed E-state index contributed by atoms with van der Waals surface area (Å²) in [6, 6.07) is 9.16. The predicted molar refractivity (Wildman–Crippen MR) is 97.6 cm³/mol. The molecule has 0 saturated carbocycles. The Labute approximate surface area is 152 Å². The Morgan fingerprint density at radius 3 is 2.92 bits per heavy atom. The molecule has 1 heterocycles. The Hall–Kier alpha value is -1.99. The zero-order valence-corrected chi connectivity index (χ0v) is 15.4. The normalized spacial score (nSPS) is 10.8. The average Bonchev–Trinajstić information content (AvgIpc) is 3.06. The van der Waals surface area contributed by atoms with Crippen molar-refractivity contribution in [3.63, 3.8) is 0 Å². The van der Waals surface area contributed by atoms with E-state index in [0.717, 1.165) is 15.8 Å². The van der Waals surface area contributed by atoms with Crippen LogP contribution in [-0.4, -0.2) is 18.5 Å². The Kier molecular flexibility index (Phi) is 7.14. The molecule has 5 nitrogen and oxygen atoms in total. The van der Waals surface area contributed by atoms with E-state index in [1.54, 1.807) is 23.8 Å². The highest BCUT2D eigenvalue weighted by Gasteiger charge is 2.07. The summed E-state index contributed by atoms with van der Waals surface area (Å²) in [7, 11) is 0. The maximum absolute atomic E-state index is 11.8. The van der Waals surface area contributed by atoms with E-state index in [-0.39, 0.29) is 12.5 Å². The van der Waals surface area contributed by atoms with Crippen LogP contribution in [0.25, 0.3) is 0 Å². The number of aryl methyl sites for hydroxylation is 1. The van der Waals surface area contributed by atoms with Gasteiger partial charge >= 0.3 is 5.97 Å². The molecule has 0 aliphatic heterocycles. The van der Waals surface area contributed by atoms with Crippen LogP contribution in [0.1, 0.15) is 11.3 Å². The molecule has 0 aliphatic rings. The second-order valence-electron chi connectivity index (χ2n) is 4.81. The van der Waals surface area contributed by atoms with Gasteiger partial charge in [0.15, 0.2) is 6.61 Å². The fourth-order valence-corrected chi connectivity index (χ4v) is 2.87. The topological polar surface area (TPSA) is 68.5 Å². The van der Waals surface area contributed by atoms with Crippen molar-refractivity contribution in [3.8, 4) is 0 Å². The van der Waals surface area contributed by atoms with Gasteiger partial charge in [-0.15, -0.1) is 11.8 Å². The minimum Gasteiger partial charge on any atom is -0.468 e. The Morgan fingerprint density at radius 1 is 1.38 bits per heavy atom. The number of carbonyl (C=O) groups excluding carboxylic acids is 2. The van der Waals surface area contributed by atoms with Crippen molar-refractivity contribution in [3.05, 3.63) is 63.9 Å². The second kappa shape index (κ2) is 9.34. The fraction of sp³-hybridized carbons (Fsp3) is 0.176. The molecule has 2 rings (SSSR count). The lowest BCUT2D eigenvalue weighted by molar-refractivity contribution is -0.142. The molecule has 24 heavy (non-hydrogen) atoms. The molecule has 0 bridgehead atoms. The van der Waals surface area contributed by atoms with Gasteiger partial charge < -0.3 is 14.5 Å². The zero-order chi connectivity index (χ0) is 17.4. The highest BCUT2D eigenvalue weighted by molar-refractivity contribution is 9.10. The summed E-state index contributed by atoms with van der Waals surface area (Å²) in [5.74, 6) is 0.498. The number of rotatable bonds is 7. The molecule has 1 N–H and O–H groups in total. The van der Waals surface area contributed by atoms with Gasteiger partial charge in [-0.1, -0.05) is 15.9 Å². The number of amides is 1. The molecule has 0 radical (unpaired) electrons. The van der Waals surface area contributed by atoms with Gasteiger partial charge in [-0.25, -0.2) is 4.79 Å². The molecule has 0 fully saturated rings. The summed E-state index contributed by atoms with van der Waals surface area (Å²) in [6.07, 6.45) is 2.88. The Bertz CT molecular complexity index is 728. The third-order valence-electron chi connectivity index (χ3n) is 2.91. The maximum Gasteiger partial charge on any atom is 0.331 e. The Balaban J connectivity index is 1.69. The molecule has 0 spiro atoms. The number of benzene rings is 1. The van der Waals surface area contributed by atoms with E-state index in [1.165, 1.54) is 17.8 Å². The van der Waals surface area contributed by atoms with Crippen LogP contribution in [0.3, 0.4) is 0 Å². The van der Waals surface area contributed by atoms with Crippen molar-refractivity contribution in [2.75, 3.05) is 11.9 Å². The number of halogens is 1. The van der Waals surface area contributed by atoms with Gasteiger partial charge in [0, 0.05) is 16.2 Å². The fourth-order valence-electron chi connectivity index (χ4n) is 1.77. The molecule has 0 aliphatic carbocycles. The van der Waals surface area contributed by atoms with E-state index in [4.69, 9.17) is 9.15 Å². The minimum absolute atomic E-state index is 0.332. The van der Waals surface area contributed by atoms with Gasteiger partial charge in [-0.3, -0.25) is 4.79 Å². The summed E-state index contributed by atoms with van der Waals surface area (Å²) in [5, 5.41) is 4.31. The quantitative estimate of drug-likeness (QED) is 0.545. The summed E-state index contributed by atoms with van der Waals surface area (Å²) in [4.78, 5) is 23.3. The third kappa shape index (κ3) is 6.25. The van der Waals surface area contributed by atoms with Crippen molar-refractivity contribution >= 4 is 45.3 Å². The first kappa shape index (κ1) is 18.4. The van der Waals surface area contributed by atoms with Gasteiger partial charge in [-0.2, -0.15) is 0 Å². The lowest BCUT2D eigenvalue weighted by atomic mass is 10.2. The summed E-state index contributed by atoms with van der Waals surface area (Å²) < 4.78 is 11.0. The molecule has 2 aromatic rings. The first-order valence-electron chi connectivity index (χ1n) is 7.08. The van der Waals surface area contributed by atoms with Crippen molar-refractivity contribution < 1.29 is 18.7 Å². The molecular formula is C17H16BrNO4S. The number of hydrogen-bond acceptors (Lipinski definition) is 5. The van der Waals surface area contributed by atoms with E-state index in [0.29, 0.717) is 11.4 Å². The molecule has 1 aromatic heterocycles. The molecular weight excluding hydrogens is 394 g/mol. The van der Waals surface area contributed by atoms with Gasteiger partial charge in [0.2, 0.25) is 0 Å². The molecule has 0 unspecified atom stereocenters. The van der Waals surface area contributed by atoms with E-state index >= 15 is 0 Å². The van der Waals surface area contributed by atoms with E-state index < -0.39 is 5.97 Å². The van der Waals surface area contributed by atoms with Crippen LogP contribution < -0.4 is 5.32 Å². The average molecular weight is 410 g/mol. The molecule has 0 saturated heterocycles. The van der Waals surface area contributed by atoms with Gasteiger partial charge in [0.1, 0.15) is 5.76 Å². The van der Waals surface area contributed by atoms with Crippen LogP contribution in [0.15, 0.2) is 57.0 Å². The van der Waals surface area contributed by atoms with Crippen LogP contribution in [0.5, 0.6) is 0 Å². The predicted octanol–water partition coefficient (Wildman–Crippen LogP) is 4.28. The lowest BCUT2D eigenvalue weighted by Crippen LogP contribution is -2.20. The first-order chi connectivity index (χ1) is 11.5. The number of esters is 1. The third-order valence-corrected chi connectivity index (χ3v) is 4.19. The van der Waals surface area contributed by atoms with Gasteiger partial charge in [-0.05, 0) is 48.2 Å². The summed E-state index contributed by atoms with van der Waals surface area (Å²) >= 11 is 4.76. The van der Waals surface area contributed by atoms with Crippen LogP contribution in [-0.2, 0) is 20.1 Å². The first-order valence-corrected chi connectivity index (χ1v) is 8.92. The van der Waals surface area contributed by atoms with Gasteiger partial charge in [0.25, 0.3) is 5.91 Å². The number of hydrogen-bond donors (Lipinski definition) is 1. The summed E-state index contributed by atoms with van der Waals surface area (Å²) in [6.45, 7) is 1.55. The van der Waals surface area contributed by atoms with Crippen molar-refractivity contribution in [1.82, 2.24) is 0 Å². The monoisotopic (exact) mass is 409 g/mol. The molecule has 126 valence electrons. The van der Waals surface area contributed by atoms with Crippen molar-refractivity contribution in [1.29, 1.82) is 0 Å². The number of thioether (sulfide) groups is 1. The lowest BCUT2D eigenvalue weighted by Gasteiger charge is -2.08. The number of ether oxygens (including phenoxy) is 1. The SMILES string of the molecule is Cc1cc(Br)ccc1NC(=O)COC(=O)/C=C/SCc1ccco1. The number of carbonyl (C=O) groups is 2. The number of anilines is 1. The highest BCUT2D eigenvalue weighted by atomic mass is 79.9. The number of furan rings is 1. The highest BCUT2D eigenvalue weighted by Crippen LogP contribution is 2.19. The van der Waals surface area contributed by atoms with Crippen LogP contribution in [0.4, 0.5) is 5.69 Å². The molecule has 1 aromatic carbocycles. The van der Waals surface area contributed by atoms with Crippen LogP contribution in [0, 0.1) is 6.92 Å². The molecule has 1 amide bonds.